The Bertz CT molecular complexity index is 816. The van der Waals surface area contributed by atoms with E-state index >= 15 is 0 Å². The van der Waals surface area contributed by atoms with Crippen LogP contribution in [0, 0.1) is 5.82 Å². The Morgan fingerprint density at radius 1 is 1.15 bits per heavy atom. The van der Waals surface area contributed by atoms with Gasteiger partial charge in [-0.25, -0.2) is 4.39 Å². The molecule has 2 heterocycles. The van der Waals surface area contributed by atoms with E-state index in [2.05, 4.69) is 15.9 Å². The molecule has 4 nitrogen and oxygen atoms in total. The number of rotatable bonds is 2. The molecule has 26 heavy (non-hydrogen) atoms. The highest BCUT2D eigenvalue weighted by molar-refractivity contribution is 9.10. The number of ether oxygens (including phenoxy) is 2. The van der Waals surface area contributed by atoms with E-state index in [9.17, 15) is 9.18 Å². The SMILES string of the molecule is O=C(Cc1ccc(F)cc1)N1CCC2(CC1)OCc1cc(Br)ccc1O2. The van der Waals surface area contributed by atoms with Crippen LogP contribution < -0.4 is 4.74 Å². The van der Waals surface area contributed by atoms with Crippen LogP contribution in [0.2, 0.25) is 0 Å². The van der Waals surface area contributed by atoms with Crippen molar-refractivity contribution in [3.05, 3.63) is 63.9 Å². The molecule has 2 aliphatic rings. The molecular weight excluding hydrogens is 401 g/mol. The van der Waals surface area contributed by atoms with E-state index in [0.29, 0.717) is 32.5 Å². The molecular formula is C20H19BrFNO3. The minimum absolute atomic E-state index is 0.0478. The lowest BCUT2D eigenvalue weighted by atomic mass is 10.0. The standard InChI is InChI=1S/C20H19BrFNO3/c21-16-3-6-18-15(12-16)13-25-20(26-18)7-9-23(10-8-20)19(24)11-14-1-4-17(22)5-2-14/h1-6,12H,7-11,13H2. The van der Waals surface area contributed by atoms with E-state index in [-0.39, 0.29) is 18.1 Å². The molecule has 4 rings (SSSR count). The zero-order valence-electron chi connectivity index (χ0n) is 14.2. The number of amides is 1. The molecule has 0 atom stereocenters. The average Bonchev–Trinajstić information content (AvgIpc) is 2.64. The summed E-state index contributed by atoms with van der Waals surface area (Å²) in [6, 6.07) is 12.0. The Morgan fingerprint density at radius 2 is 1.88 bits per heavy atom. The number of hydrogen-bond donors (Lipinski definition) is 0. The summed E-state index contributed by atoms with van der Waals surface area (Å²) >= 11 is 3.46. The van der Waals surface area contributed by atoms with Gasteiger partial charge in [0.15, 0.2) is 0 Å². The molecule has 2 aliphatic heterocycles. The molecule has 1 saturated heterocycles. The number of nitrogens with zero attached hydrogens (tertiary/aromatic N) is 1. The van der Waals surface area contributed by atoms with Gasteiger partial charge < -0.3 is 14.4 Å². The summed E-state index contributed by atoms with van der Waals surface area (Å²) in [6.45, 7) is 1.69. The fourth-order valence-corrected chi connectivity index (χ4v) is 3.84. The Labute approximate surface area is 160 Å². The average molecular weight is 420 g/mol. The first-order chi connectivity index (χ1) is 12.5. The first-order valence-electron chi connectivity index (χ1n) is 8.67. The summed E-state index contributed by atoms with van der Waals surface area (Å²) in [4.78, 5) is 14.3. The first-order valence-corrected chi connectivity index (χ1v) is 9.46. The van der Waals surface area contributed by atoms with Gasteiger partial charge in [-0.1, -0.05) is 28.1 Å². The Balaban J connectivity index is 1.37. The zero-order valence-corrected chi connectivity index (χ0v) is 15.8. The predicted molar refractivity (Wildman–Crippen MR) is 98.2 cm³/mol. The summed E-state index contributed by atoms with van der Waals surface area (Å²) < 4.78 is 26.2. The van der Waals surface area contributed by atoms with Crippen molar-refractivity contribution in [2.45, 2.75) is 31.7 Å². The number of benzene rings is 2. The molecule has 2 aromatic carbocycles. The van der Waals surface area contributed by atoms with Crippen LogP contribution in [0.3, 0.4) is 0 Å². The summed E-state index contributed by atoms with van der Waals surface area (Å²) in [6.07, 6.45) is 1.56. The van der Waals surface area contributed by atoms with Crippen LogP contribution in [0.25, 0.3) is 0 Å². The Kier molecular flexibility index (Phi) is 4.71. The lowest BCUT2D eigenvalue weighted by Crippen LogP contribution is -2.52. The quantitative estimate of drug-likeness (QED) is 0.736. The van der Waals surface area contributed by atoms with Gasteiger partial charge in [0.05, 0.1) is 13.0 Å². The van der Waals surface area contributed by atoms with Crippen LogP contribution in [0.1, 0.15) is 24.0 Å². The number of halogens is 2. The van der Waals surface area contributed by atoms with Gasteiger partial charge in [0.25, 0.3) is 0 Å². The van der Waals surface area contributed by atoms with Gasteiger partial charge in [0.1, 0.15) is 11.6 Å². The fourth-order valence-electron chi connectivity index (χ4n) is 3.43. The first kappa shape index (κ1) is 17.5. The van der Waals surface area contributed by atoms with Crippen LogP contribution in [0.4, 0.5) is 4.39 Å². The molecule has 1 amide bonds. The number of hydrogen-bond acceptors (Lipinski definition) is 3. The second-order valence-electron chi connectivity index (χ2n) is 6.74. The highest BCUT2D eigenvalue weighted by Crippen LogP contribution is 2.38. The van der Waals surface area contributed by atoms with Crippen LogP contribution in [-0.2, 0) is 22.6 Å². The van der Waals surface area contributed by atoms with Crippen molar-refractivity contribution >= 4 is 21.8 Å². The maximum Gasteiger partial charge on any atom is 0.226 e. The third kappa shape index (κ3) is 3.62. The van der Waals surface area contributed by atoms with E-state index in [1.54, 1.807) is 12.1 Å². The molecule has 2 aromatic rings. The molecule has 0 aliphatic carbocycles. The van der Waals surface area contributed by atoms with Crippen LogP contribution >= 0.6 is 15.9 Å². The number of fused-ring (bicyclic) bond motifs is 1. The molecule has 0 unspecified atom stereocenters. The third-order valence-corrected chi connectivity index (χ3v) is 5.45. The van der Waals surface area contributed by atoms with Crippen molar-refractivity contribution < 1.29 is 18.7 Å². The van der Waals surface area contributed by atoms with Gasteiger partial charge in [0.2, 0.25) is 11.7 Å². The van der Waals surface area contributed by atoms with Gasteiger partial charge in [-0.15, -0.1) is 0 Å². The van der Waals surface area contributed by atoms with E-state index in [1.807, 2.05) is 23.1 Å². The predicted octanol–water partition coefficient (Wildman–Crippen LogP) is 4.06. The Morgan fingerprint density at radius 3 is 2.62 bits per heavy atom. The molecule has 0 N–H and O–H groups in total. The van der Waals surface area contributed by atoms with E-state index < -0.39 is 5.79 Å². The Hall–Kier alpha value is -1.92. The lowest BCUT2D eigenvalue weighted by Gasteiger charge is -2.44. The summed E-state index contributed by atoms with van der Waals surface area (Å²) in [5, 5.41) is 0. The maximum atomic E-state index is 13.0. The number of carbonyl (C=O) groups is 1. The topological polar surface area (TPSA) is 38.8 Å². The normalized spacial score (nSPS) is 18.3. The second kappa shape index (κ2) is 7.00. The van der Waals surface area contributed by atoms with E-state index in [0.717, 1.165) is 21.3 Å². The van der Waals surface area contributed by atoms with Crippen molar-refractivity contribution in [3.8, 4) is 5.75 Å². The molecule has 1 fully saturated rings. The zero-order chi connectivity index (χ0) is 18.1. The van der Waals surface area contributed by atoms with Gasteiger partial charge in [-0.3, -0.25) is 4.79 Å². The summed E-state index contributed by atoms with van der Waals surface area (Å²) in [7, 11) is 0. The van der Waals surface area contributed by atoms with Gasteiger partial charge in [0, 0.05) is 36.0 Å². The van der Waals surface area contributed by atoms with Crippen LogP contribution in [0.5, 0.6) is 5.75 Å². The fraction of sp³-hybridized carbons (Fsp3) is 0.350. The molecule has 0 radical (unpaired) electrons. The van der Waals surface area contributed by atoms with Crippen molar-refractivity contribution in [2.24, 2.45) is 0 Å². The molecule has 136 valence electrons. The van der Waals surface area contributed by atoms with Crippen molar-refractivity contribution in [3.63, 3.8) is 0 Å². The van der Waals surface area contributed by atoms with Crippen molar-refractivity contribution in [2.75, 3.05) is 13.1 Å². The molecule has 1 spiro atoms. The molecule has 0 aromatic heterocycles. The highest BCUT2D eigenvalue weighted by Gasteiger charge is 2.41. The monoisotopic (exact) mass is 419 g/mol. The summed E-state index contributed by atoms with van der Waals surface area (Å²) in [5.74, 6) is -0.0369. The molecule has 6 heteroatoms. The van der Waals surface area contributed by atoms with Crippen LogP contribution in [-0.4, -0.2) is 29.7 Å². The second-order valence-corrected chi connectivity index (χ2v) is 7.65. The van der Waals surface area contributed by atoms with Crippen LogP contribution in [0.15, 0.2) is 46.9 Å². The van der Waals surface area contributed by atoms with Gasteiger partial charge in [-0.2, -0.15) is 0 Å². The smallest absolute Gasteiger partial charge is 0.226 e. The van der Waals surface area contributed by atoms with Gasteiger partial charge >= 0.3 is 0 Å². The highest BCUT2D eigenvalue weighted by atomic mass is 79.9. The van der Waals surface area contributed by atoms with Gasteiger partial charge in [-0.05, 0) is 35.9 Å². The minimum atomic E-state index is -0.645. The molecule has 0 saturated carbocycles. The van der Waals surface area contributed by atoms with Crippen molar-refractivity contribution in [1.82, 2.24) is 4.90 Å². The molecule has 0 bridgehead atoms. The number of carbonyl (C=O) groups excluding carboxylic acids is 1. The largest absolute Gasteiger partial charge is 0.462 e. The minimum Gasteiger partial charge on any atom is -0.462 e. The van der Waals surface area contributed by atoms with Crippen molar-refractivity contribution in [1.29, 1.82) is 0 Å². The van der Waals surface area contributed by atoms with E-state index in [4.69, 9.17) is 9.47 Å². The maximum absolute atomic E-state index is 13.0. The third-order valence-electron chi connectivity index (χ3n) is 4.96. The van der Waals surface area contributed by atoms with E-state index in [1.165, 1.54) is 12.1 Å². The summed E-state index contributed by atoms with van der Waals surface area (Å²) in [5.41, 5.74) is 1.85. The number of likely N-dealkylation sites (tertiary alicyclic amines) is 1. The number of piperidine rings is 1. The lowest BCUT2D eigenvalue weighted by molar-refractivity contribution is -0.227.